The first kappa shape index (κ1) is 15.1. The van der Waals surface area contributed by atoms with E-state index in [4.69, 9.17) is 23.7 Å². The molecule has 1 fully saturated rings. The second kappa shape index (κ2) is 5.61. The van der Waals surface area contributed by atoms with Crippen LogP contribution < -0.4 is 16.4 Å². The number of nitrogens with two attached hydrogens (primary N) is 2. The summed E-state index contributed by atoms with van der Waals surface area (Å²) in [5.74, 6) is -0.252. The van der Waals surface area contributed by atoms with Crippen LogP contribution >= 0.6 is 24.0 Å². The number of primary amides is 1. The van der Waals surface area contributed by atoms with Crippen LogP contribution in [0.1, 0.15) is 18.9 Å². The summed E-state index contributed by atoms with van der Waals surface area (Å²) in [6.07, 6.45) is 2.75. The van der Waals surface area contributed by atoms with Gasteiger partial charge in [0.05, 0.1) is 5.41 Å². The second-order valence-corrected chi connectivity index (χ2v) is 6.60. The van der Waals surface area contributed by atoms with Gasteiger partial charge in [0.1, 0.15) is 4.99 Å². The smallest absolute Gasteiger partial charge is 0.225 e. The third kappa shape index (κ3) is 2.62. The van der Waals surface area contributed by atoms with Gasteiger partial charge in [-0.15, -0.1) is 11.8 Å². The predicted molar refractivity (Wildman–Crippen MR) is 88.2 cm³/mol. The lowest BCUT2D eigenvalue weighted by atomic mass is 9.89. The van der Waals surface area contributed by atoms with E-state index in [1.54, 1.807) is 11.8 Å². The third-order valence-corrected chi connectivity index (χ3v) is 4.86. The average molecular weight is 309 g/mol. The van der Waals surface area contributed by atoms with Gasteiger partial charge in [-0.05, 0) is 31.7 Å². The fourth-order valence-corrected chi connectivity index (χ4v) is 3.48. The summed E-state index contributed by atoms with van der Waals surface area (Å²) in [6.45, 7) is 3.30. The monoisotopic (exact) mass is 309 g/mol. The maximum absolute atomic E-state index is 11.6. The Labute approximate surface area is 128 Å². The van der Waals surface area contributed by atoms with Gasteiger partial charge in [0.15, 0.2) is 0 Å². The molecule has 0 radical (unpaired) electrons. The minimum Gasteiger partial charge on any atom is -0.389 e. The molecule has 20 heavy (non-hydrogen) atoms. The van der Waals surface area contributed by atoms with Crippen molar-refractivity contribution in [3.05, 3.63) is 23.8 Å². The molecule has 0 spiro atoms. The topological polar surface area (TPSA) is 72.3 Å². The molecule has 2 rings (SSSR count). The second-order valence-electron chi connectivity index (χ2n) is 5.32. The van der Waals surface area contributed by atoms with Gasteiger partial charge in [0.2, 0.25) is 5.91 Å². The van der Waals surface area contributed by atoms with Gasteiger partial charge in [0, 0.05) is 29.2 Å². The quantitative estimate of drug-likeness (QED) is 0.655. The number of hydrogen-bond donors (Lipinski definition) is 2. The van der Waals surface area contributed by atoms with Crippen LogP contribution in [-0.4, -0.2) is 30.2 Å². The van der Waals surface area contributed by atoms with E-state index in [0.29, 0.717) is 11.5 Å². The number of amides is 1. The number of anilines is 1. The molecule has 108 valence electrons. The van der Waals surface area contributed by atoms with E-state index in [-0.39, 0.29) is 5.91 Å². The summed E-state index contributed by atoms with van der Waals surface area (Å²) in [5.41, 5.74) is 12.8. The lowest BCUT2D eigenvalue weighted by Gasteiger charge is -2.25. The Morgan fingerprint density at radius 1 is 1.45 bits per heavy atom. The van der Waals surface area contributed by atoms with Gasteiger partial charge < -0.3 is 16.4 Å². The zero-order chi connectivity index (χ0) is 14.9. The Morgan fingerprint density at radius 2 is 2.15 bits per heavy atom. The Morgan fingerprint density at radius 3 is 2.65 bits per heavy atom. The molecule has 1 amide bonds. The molecule has 1 heterocycles. The van der Waals surface area contributed by atoms with Crippen molar-refractivity contribution in [1.82, 2.24) is 0 Å². The van der Waals surface area contributed by atoms with Gasteiger partial charge in [0.25, 0.3) is 0 Å². The minimum atomic E-state index is -0.483. The van der Waals surface area contributed by atoms with E-state index in [1.807, 2.05) is 31.4 Å². The van der Waals surface area contributed by atoms with Crippen LogP contribution in [0.5, 0.6) is 0 Å². The summed E-state index contributed by atoms with van der Waals surface area (Å²) in [7, 11) is 0. The van der Waals surface area contributed by atoms with Crippen molar-refractivity contribution < 1.29 is 4.79 Å². The zero-order valence-corrected chi connectivity index (χ0v) is 13.3. The van der Waals surface area contributed by atoms with Crippen molar-refractivity contribution in [3.8, 4) is 0 Å². The lowest BCUT2D eigenvalue weighted by molar-refractivity contribution is -0.125. The van der Waals surface area contributed by atoms with Crippen LogP contribution in [0.25, 0.3) is 0 Å². The number of carbonyl (C=O) groups excluding carboxylic acids is 1. The number of thioether (sulfide) groups is 1. The van der Waals surface area contributed by atoms with Crippen molar-refractivity contribution >= 4 is 40.6 Å². The fraction of sp³-hybridized carbons (Fsp3) is 0.429. The van der Waals surface area contributed by atoms with E-state index >= 15 is 0 Å². The van der Waals surface area contributed by atoms with E-state index < -0.39 is 5.41 Å². The van der Waals surface area contributed by atoms with Crippen molar-refractivity contribution in [1.29, 1.82) is 0 Å². The summed E-state index contributed by atoms with van der Waals surface area (Å²) in [6, 6.07) is 6.00. The van der Waals surface area contributed by atoms with E-state index in [9.17, 15) is 4.79 Å². The minimum absolute atomic E-state index is 0.252. The molecule has 1 unspecified atom stereocenters. The molecule has 4 N–H and O–H groups in total. The predicted octanol–water partition coefficient (Wildman–Crippen LogP) is 1.74. The molecule has 1 saturated heterocycles. The average Bonchev–Trinajstić information content (AvgIpc) is 2.81. The number of benzene rings is 1. The van der Waals surface area contributed by atoms with Crippen molar-refractivity contribution in [2.75, 3.05) is 24.2 Å². The van der Waals surface area contributed by atoms with Gasteiger partial charge in [-0.2, -0.15) is 0 Å². The normalized spacial score (nSPS) is 22.0. The molecular weight excluding hydrogens is 290 g/mol. The molecule has 1 aromatic carbocycles. The molecule has 0 aliphatic carbocycles. The van der Waals surface area contributed by atoms with Gasteiger partial charge in [-0.25, -0.2) is 0 Å². The molecule has 0 bridgehead atoms. The van der Waals surface area contributed by atoms with Crippen molar-refractivity contribution in [3.63, 3.8) is 0 Å². The number of carbonyl (C=O) groups is 1. The van der Waals surface area contributed by atoms with Crippen LogP contribution in [0.3, 0.4) is 0 Å². The number of rotatable bonds is 4. The van der Waals surface area contributed by atoms with Gasteiger partial charge in [-0.3, -0.25) is 4.79 Å². The van der Waals surface area contributed by atoms with Crippen LogP contribution in [0.15, 0.2) is 23.1 Å². The van der Waals surface area contributed by atoms with E-state index in [2.05, 4.69) is 4.90 Å². The summed E-state index contributed by atoms with van der Waals surface area (Å²) in [4.78, 5) is 15.2. The first-order valence-corrected chi connectivity index (χ1v) is 8.04. The first-order chi connectivity index (χ1) is 9.39. The molecule has 1 aromatic rings. The summed E-state index contributed by atoms with van der Waals surface area (Å²) < 4.78 is 0. The van der Waals surface area contributed by atoms with E-state index in [0.717, 1.165) is 29.1 Å². The molecule has 0 aromatic heterocycles. The highest BCUT2D eigenvalue weighted by Crippen LogP contribution is 2.37. The molecule has 6 heteroatoms. The molecule has 1 aliphatic heterocycles. The van der Waals surface area contributed by atoms with Gasteiger partial charge >= 0.3 is 0 Å². The molecule has 1 aliphatic rings. The Balaban J connectivity index is 2.40. The van der Waals surface area contributed by atoms with Crippen molar-refractivity contribution in [2.24, 2.45) is 16.9 Å². The standard InChI is InChI=1S/C14H19N3OS2/c1-14(13(16)18)6-7-17(8-14)9-4-3-5-10(20-2)11(9)12(15)19/h3-5H,6-8H2,1-2H3,(H2,15,19)(H2,16,18). The molecule has 0 saturated carbocycles. The highest BCUT2D eigenvalue weighted by Gasteiger charge is 2.39. The van der Waals surface area contributed by atoms with E-state index in [1.165, 1.54) is 0 Å². The maximum Gasteiger partial charge on any atom is 0.225 e. The SMILES string of the molecule is CSc1cccc(N2CCC(C)(C(N)=O)C2)c1C(N)=S. The molecule has 4 nitrogen and oxygen atoms in total. The molecule has 1 atom stereocenters. The Kier molecular flexibility index (Phi) is 4.25. The Bertz CT molecular complexity index is 561. The first-order valence-electron chi connectivity index (χ1n) is 6.41. The highest BCUT2D eigenvalue weighted by atomic mass is 32.2. The summed E-state index contributed by atoms with van der Waals surface area (Å²) in [5, 5.41) is 0. The highest BCUT2D eigenvalue weighted by molar-refractivity contribution is 7.98. The third-order valence-electron chi connectivity index (χ3n) is 3.88. The van der Waals surface area contributed by atoms with Crippen LogP contribution in [-0.2, 0) is 4.79 Å². The van der Waals surface area contributed by atoms with Gasteiger partial charge in [-0.1, -0.05) is 18.3 Å². The summed E-state index contributed by atoms with van der Waals surface area (Å²) >= 11 is 6.81. The molecular formula is C14H19N3OS2. The number of nitrogens with zero attached hydrogens (tertiary/aromatic N) is 1. The van der Waals surface area contributed by atoms with Crippen LogP contribution in [0.4, 0.5) is 5.69 Å². The zero-order valence-electron chi connectivity index (χ0n) is 11.7. The van der Waals surface area contributed by atoms with Crippen molar-refractivity contribution in [2.45, 2.75) is 18.2 Å². The van der Waals surface area contributed by atoms with Crippen LogP contribution in [0.2, 0.25) is 0 Å². The maximum atomic E-state index is 11.6. The number of thiocarbonyl (C=S) groups is 1. The Hall–Kier alpha value is -1.27. The van der Waals surface area contributed by atoms with Crippen LogP contribution in [0, 0.1) is 5.41 Å². The fourth-order valence-electron chi connectivity index (χ4n) is 2.57. The lowest BCUT2D eigenvalue weighted by Crippen LogP contribution is -2.37. The largest absolute Gasteiger partial charge is 0.389 e. The number of hydrogen-bond acceptors (Lipinski definition) is 4.